The van der Waals surface area contributed by atoms with Crippen LogP contribution in [-0.4, -0.2) is 12.6 Å². The average molecular weight is 282 g/mol. The Morgan fingerprint density at radius 2 is 2.16 bits per heavy atom. The fraction of sp³-hybridized carbons (Fsp3) is 0.625. The molecule has 1 aromatic carbocycles. The van der Waals surface area contributed by atoms with E-state index in [4.69, 9.17) is 22.1 Å². The van der Waals surface area contributed by atoms with E-state index in [0.717, 1.165) is 48.1 Å². The molecule has 0 spiro atoms. The minimum absolute atomic E-state index is 0.121. The van der Waals surface area contributed by atoms with E-state index >= 15 is 0 Å². The van der Waals surface area contributed by atoms with E-state index < -0.39 is 0 Å². The number of benzene rings is 1. The van der Waals surface area contributed by atoms with Crippen LogP contribution < -0.4 is 10.5 Å². The van der Waals surface area contributed by atoms with Crippen LogP contribution >= 0.6 is 11.6 Å². The van der Waals surface area contributed by atoms with E-state index in [-0.39, 0.29) is 6.04 Å². The summed E-state index contributed by atoms with van der Waals surface area (Å²) in [5, 5.41) is 0.738. The number of hydrogen-bond acceptors (Lipinski definition) is 2. The highest BCUT2D eigenvalue weighted by molar-refractivity contribution is 6.32. The maximum atomic E-state index is 6.39. The Balaban J connectivity index is 2.20. The van der Waals surface area contributed by atoms with Crippen LogP contribution in [0.3, 0.4) is 0 Å². The van der Waals surface area contributed by atoms with Gasteiger partial charge in [-0.1, -0.05) is 31.0 Å². The average Bonchev–Trinajstić information content (AvgIpc) is 3.11. The van der Waals surface area contributed by atoms with Gasteiger partial charge in [-0.15, -0.1) is 0 Å². The van der Waals surface area contributed by atoms with Crippen LogP contribution in [-0.2, 0) is 12.8 Å². The molecule has 0 bridgehead atoms. The van der Waals surface area contributed by atoms with Gasteiger partial charge < -0.3 is 10.5 Å². The summed E-state index contributed by atoms with van der Waals surface area (Å²) in [5.74, 6) is 1.58. The molecule has 2 N–H and O–H groups in total. The number of hydrogen-bond donors (Lipinski definition) is 1. The first-order valence-corrected chi connectivity index (χ1v) is 7.67. The minimum Gasteiger partial charge on any atom is -0.491 e. The molecule has 2 rings (SSSR count). The molecular weight excluding hydrogens is 258 g/mol. The number of ether oxygens (including phenoxy) is 1. The van der Waals surface area contributed by atoms with Crippen LogP contribution in [0.5, 0.6) is 5.75 Å². The highest BCUT2D eigenvalue weighted by Crippen LogP contribution is 2.35. The highest BCUT2D eigenvalue weighted by Gasteiger charge is 2.23. The lowest BCUT2D eigenvalue weighted by Crippen LogP contribution is -2.19. The largest absolute Gasteiger partial charge is 0.491 e. The maximum absolute atomic E-state index is 6.39. The third-order valence-corrected chi connectivity index (χ3v) is 3.70. The van der Waals surface area contributed by atoms with Crippen molar-refractivity contribution in [1.82, 2.24) is 0 Å². The van der Waals surface area contributed by atoms with Gasteiger partial charge in [-0.25, -0.2) is 0 Å². The summed E-state index contributed by atoms with van der Waals surface area (Å²) in [6.45, 7) is 4.99. The zero-order valence-corrected chi connectivity index (χ0v) is 12.7. The third-order valence-electron chi connectivity index (χ3n) is 3.42. The third kappa shape index (κ3) is 4.39. The van der Waals surface area contributed by atoms with Gasteiger partial charge in [0.25, 0.3) is 0 Å². The first-order chi connectivity index (χ1) is 9.10. The molecule has 0 radical (unpaired) electrons. The van der Waals surface area contributed by atoms with Crippen molar-refractivity contribution in [1.29, 1.82) is 0 Å². The van der Waals surface area contributed by atoms with E-state index in [2.05, 4.69) is 13.0 Å². The van der Waals surface area contributed by atoms with Gasteiger partial charge in [0.05, 0.1) is 11.6 Å². The highest BCUT2D eigenvalue weighted by atomic mass is 35.5. The Hall–Kier alpha value is -0.730. The molecule has 0 heterocycles. The van der Waals surface area contributed by atoms with Gasteiger partial charge in [-0.2, -0.15) is 0 Å². The van der Waals surface area contributed by atoms with Crippen molar-refractivity contribution < 1.29 is 4.74 Å². The lowest BCUT2D eigenvalue weighted by Gasteiger charge is -2.16. The molecule has 19 heavy (non-hydrogen) atoms. The number of aryl methyl sites for hydroxylation is 1. The van der Waals surface area contributed by atoms with Crippen molar-refractivity contribution >= 4 is 11.6 Å². The molecule has 1 atom stereocenters. The van der Waals surface area contributed by atoms with Crippen LogP contribution in [0.25, 0.3) is 0 Å². The van der Waals surface area contributed by atoms with Gasteiger partial charge in [0, 0.05) is 6.04 Å². The lowest BCUT2D eigenvalue weighted by molar-refractivity contribution is 0.296. The molecule has 0 aliphatic heterocycles. The Bertz CT molecular complexity index is 427. The summed E-state index contributed by atoms with van der Waals surface area (Å²) in [6, 6.07) is 4.37. The lowest BCUT2D eigenvalue weighted by atomic mass is 10.0. The number of nitrogens with two attached hydrogens (primary N) is 1. The van der Waals surface area contributed by atoms with Gasteiger partial charge in [-0.05, 0) is 55.7 Å². The monoisotopic (exact) mass is 281 g/mol. The van der Waals surface area contributed by atoms with Gasteiger partial charge in [-0.3, -0.25) is 0 Å². The topological polar surface area (TPSA) is 35.2 Å². The predicted molar refractivity (Wildman–Crippen MR) is 81.0 cm³/mol. The molecule has 1 fully saturated rings. The van der Waals surface area contributed by atoms with Crippen molar-refractivity contribution in [3.05, 3.63) is 28.3 Å². The van der Waals surface area contributed by atoms with Crippen LogP contribution in [0.2, 0.25) is 5.02 Å². The molecule has 1 aromatic rings. The Morgan fingerprint density at radius 1 is 1.42 bits per heavy atom. The molecule has 1 aliphatic rings. The van der Waals surface area contributed by atoms with Crippen molar-refractivity contribution in [3.63, 3.8) is 0 Å². The molecule has 0 aromatic heterocycles. The van der Waals surface area contributed by atoms with E-state index in [9.17, 15) is 0 Å². The van der Waals surface area contributed by atoms with E-state index in [1.165, 1.54) is 18.4 Å². The van der Waals surface area contributed by atoms with Gasteiger partial charge in [0.15, 0.2) is 0 Å². The van der Waals surface area contributed by atoms with E-state index in [1.807, 2.05) is 13.0 Å². The standard InChI is InChI=1S/C16H24ClNO/c1-3-4-13-8-14(7-11(2)18)16(15(17)9-13)19-10-12-5-6-12/h8-9,11-12H,3-7,10,18H2,1-2H3. The molecular formula is C16H24ClNO. The number of rotatable bonds is 7. The zero-order valence-electron chi connectivity index (χ0n) is 11.9. The quantitative estimate of drug-likeness (QED) is 0.821. The molecule has 3 heteroatoms. The van der Waals surface area contributed by atoms with Gasteiger partial charge in [0.1, 0.15) is 5.75 Å². The SMILES string of the molecule is CCCc1cc(Cl)c(OCC2CC2)c(CC(C)N)c1. The fourth-order valence-electron chi connectivity index (χ4n) is 2.29. The summed E-state index contributed by atoms with van der Waals surface area (Å²) < 4.78 is 5.94. The minimum atomic E-state index is 0.121. The van der Waals surface area contributed by atoms with Crippen LogP contribution in [0, 0.1) is 5.92 Å². The van der Waals surface area contributed by atoms with Gasteiger partial charge >= 0.3 is 0 Å². The predicted octanol–water partition coefficient (Wildman–Crippen LogP) is 3.97. The smallest absolute Gasteiger partial charge is 0.141 e. The first-order valence-electron chi connectivity index (χ1n) is 7.29. The summed E-state index contributed by atoms with van der Waals surface area (Å²) in [7, 11) is 0. The second-order valence-electron chi connectivity index (χ2n) is 5.75. The van der Waals surface area contributed by atoms with Crippen molar-refractivity contribution in [3.8, 4) is 5.75 Å². The molecule has 2 nitrogen and oxygen atoms in total. The van der Waals surface area contributed by atoms with Crippen LogP contribution in [0.1, 0.15) is 44.2 Å². The van der Waals surface area contributed by atoms with Crippen molar-refractivity contribution in [2.75, 3.05) is 6.61 Å². The normalized spacial score (nSPS) is 16.4. The van der Waals surface area contributed by atoms with Gasteiger partial charge in [0.2, 0.25) is 0 Å². The molecule has 0 amide bonds. The van der Waals surface area contributed by atoms with Crippen LogP contribution in [0.15, 0.2) is 12.1 Å². The second-order valence-corrected chi connectivity index (χ2v) is 6.16. The fourth-order valence-corrected chi connectivity index (χ4v) is 2.61. The Kier molecular flexibility index (Phi) is 5.12. The second kappa shape index (κ2) is 6.62. The van der Waals surface area contributed by atoms with E-state index in [1.54, 1.807) is 0 Å². The molecule has 1 unspecified atom stereocenters. The van der Waals surface area contributed by atoms with E-state index in [0.29, 0.717) is 0 Å². The Morgan fingerprint density at radius 3 is 2.74 bits per heavy atom. The molecule has 1 saturated carbocycles. The zero-order chi connectivity index (χ0) is 13.8. The summed E-state index contributed by atoms with van der Waals surface area (Å²) >= 11 is 6.39. The van der Waals surface area contributed by atoms with Crippen molar-refractivity contribution in [2.45, 2.75) is 52.0 Å². The summed E-state index contributed by atoms with van der Waals surface area (Å²) in [5.41, 5.74) is 8.38. The Labute approximate surface area is 121 Å². The number of halogens is 1. The molecule has 0 saturated heterocycles. The summed E-state index contributed by atoms with van der Waals surface area (Å²) in [6.07, 6.45) is 5.56. The van der Waals surface area contributed by atoms with Crippen molar-refractivity contribution in [2.24, 2.45) is 11.7 Å². The molecule has 1 aliphatic carbocycles. The maximum Gasteiger partial charge on any atom is 0.141 e. The first kappa shape index (κ1) is 14.7. The molecule has 106 valence electrons. The summed E-state index contributed by atoms with van der Waals surface area (Å²) in [4.78, 5) is 0. The van der Waals surface area contributed by atoms with Crippen LogP contribution in [0.4, 0.5) is 0 Å².